The van der Waals surface area contributed by atoms with Gasteiger partial charge in [0.05, 0.1) is 68.8 Å². The summed E-state index contributed by atoms with van der Waals surface area (Å²) >= 11 is 0. The number of unbranched alkanes of at least 4 members (excludes halogenated alkanes) is 4. The molecule has 0 radical (unpaired) electrons. The Balaban J connectivity index is 2.18. The molecule has 1 aromatic carbocycles. The Bertz CT molecular complexity index is 1740. The van der Waals surface area contributed by atoms with E-state index in [1.54, 1.807) is 6.92 Å². The molecule has 10 N–H and O–H groups in total. The number of anilines is 2. The predicted octanol–water partition coefficient (Wildman–Crippen LogP) is 1.34. The van der Waals surface area contributed by atoms with Gasteiger partial charge in [0.25, 0.3) is 11.4 Å². The number of carbonyl (C=O) groups is 7. The van der Waals surface area contributed by atoms with Gasteiger partial charge in [0.2, 0.25) is 17.7 Å². The van der Waals surface area contributed by atoms with E-state index in [0.29, 0.717) is 45.4 Å². The maximum Gasteiger partial charge on any atom is 0.326 e. The molecule has 27 nitrogen and oxygen atoms in total. The molecule has 1 rings (SSSR count). The minimum absolute atomic E-state index is 0.0558. The SMILES string of the molecule is CCC(=O)NCCOCCOCCNc1cc(NCCOCCOCCNC(=O)CCCCCCCNC(=O)CC[C@H](NC(=O)N[C@@H](CCC(=O)O)C(=O)O)C(=O)O)c([N+](=O)[O-])cc1[N+](=O)[O-]. The highest BCUT2D eigenvalue weighted by Gasteiger charge is 2.26. The summed E-state index contributed by atoms with van der Waals surface area (Å²) in [6.45, 7) is 4.93. The van der Waals surface area contributed by atoms with Gasteiger partial charge in [-0.05, 0) is 31.7 Å². The molecular weight excluding hydrogens is 894 g/mol. The summed E-state index contributed by atoms with van der Waals surface area (Å²) in [7, 11) is 0. The number of nitro groups is 2. The zero-order chi connectivity index (χ0) is 49.8. The van der Waals surface area contributed by atoms with Crippen LogP contribution in [-0.4, -0.2) is 164 Å². The normalized spacial score (nSPS) is 11.7. The van der Waals surface area contributed by atoms with Crippen molar-refractivity contribution in [3.63, 3.8) is 0 Å². The first-order valence-electron chi connectivity index (χ1n) is 21.9. The summed E-state index contributed by atoms with van der Waals surface area (Å²) in [6, 6.07) is -2.00. The molecule has 0 aliphatic rings. The summed E-state index contributed by atoms with van der Waals surface area (Å²) < 4.78 is 21.8. The van der Waals surface area contributed by atoms with Gasteiger partial charge in [-0.1, -0.05) is 26.2 Å². The van der Waals surface area contributed by atoms with Crippen molar-refractivity contribution in [3.8, 4) is 0 Å². The second-order valence-corrected chi connectivity index (χ2v) is 14.5. The second-order valence-electron chi connectivity index (χ2n) is 14.5. The lowest BCUT2D eigenvalue weighted by Gasteiger charge is -2.18. The maximum absolute atomic E-state index is 12.2. The smallest absolute Gasteiger partial charge is 0.326 e. The quantitative estimate of drug-likeness (QED) is 0.0251. The molecule has 27 heteroatoms. The number of nitrogens with one attached hydrogen (secondary N) is 7. The highest BCUT2D eigenvalue weighted by molar-refractivity contribution is 5.87. The zero-order valence-corrected chi connectivity index (χ0v) is 37.6. The highest BCUT2D eigenvalue weighted by atomic mass is 16.6. The number of aliphatic carboxylic acids is 3. The Kier molecular flexibility index (Phi) is 31.3. The summed E-state index contributed by atoms with van der Waals surface area (Å²) in [5, 5.41) is 68.5. The number of carbonyl (C=O) groups excluding carboxylic acids is 4. The monoisotopic (exact) mass is 959 g/mol. The third-order valence-corrected chi connectivity index (χ3v) is 9.25. The van der Waals surface area contributed by atoms with Crippen LogP contribution in [0.2, 0.25) is 0 Å². The third-order valence-electron chi connectivity index (χ3n) is 9.25. The molecular formula is C40H65N9O18. The van der Waals surface area contributed by atoms with E-state index in [4.69, 9.17) is 29.2 Å². The molecule has 0 saturated carbocycles. The van der Waals surface area contributed by atoms with Crippen molar-refractivity contribution in [1.82, 2.24) is 26.6 Å². The van der Waals surface area contributed by atoms with Gasteiger partial charge in [-0.25, -0.2) is 14.4 Å². The van der Waals surface area contributed by atoms with Crippen LogP contribution in [0.15, 0.2) is 12.1 Å². The fourth-order valence-electron chi connectivity index (χ4n) is 5.73. The number of ether oxygens (including phenoxy) is 4. The molecule has 0 bridgehead atoms. The lowest BCUT2D eigenvalue weighted by atomic mass is 10.1. The Morgan fingerprint density at radius 1 is 0.537 bits per heavy atom. The van der Waals surface area contributed by atoms with Gasteiger partial charge in [0, 0.05) is 58.4 Å². The number of amides is 5. The van der Waals surface area contributed by atoms with Crippen molar-refractivity contribution in [2.75, 3.05) is 96.2 Å². The largest absolute Gasteiger partial charge is 0.481 e. The van der Waals surface area contributed by atoms with Crippen LogP contribution in [0.25, 0.3) is 0 Å². The van der Waals surface area contributed by atoms with Gasteiger partial charge >= 0.3 is 23.9 Å². The van der Waals surface area contributed by atoms with Crippen molar-refractivity contribution in [2.45, 2.75) is 89.6 Å². The average Bonchev–Trinajstić information content (AvgIpc) is 3.27. The lowest BCUT2D eigenvalue weighted by molar-refractivity contribution is -0.393. The molecule has 1 aromatic rings. The van der Waals surface area contributed by atoms with Crippen LogP contribution in [0.5, 0.6) is 0 Å². The Hall–Kier alpha value is -6.45. The van der Waals surface area contributed by atoms with Crippen molar-refractivity contribution < 1.29 is 77.7 Å². The maximum atomic E-state index is 12.2. The van der Waals surface area contributed by atoms with Crippen molar-refractivity contribution in [2.24, 2.45) is 0 Å². The van der Waals surface area contributed by atoms with Gasteiger partial charge < -0.3 is 71.5 Å². The molecule has 0 fully saturated rings. The molecule has 0 aliphatic carbocycles. The first-order valence-corrected chi connectivity index (χ1v) is 21.9. The predicted molar refractivity (Wildman–Crippen MR) is 238 cm³/mol. The first-order chi connectivity index (χ1) is 32.0. The van der Waals surface area contributed by atoms with E-state index in [9.17, 15) is 58.9 Å². The number of rotatable bonds is 41. The topological polar surface area (TPSA) is 388 Å². The fraction of sp³-hybridized carbons (Fsp3) is 0.675. The fourth-order valence-corrected chi connectivity index (χ4v) is 5.73. The number of hydrogen-bond acceptors (Lipinski definition) is 17. The molecule has 0 saturated heterocycles. The van der Waals surface area contributed by atoms with Gasteiger partial charge in [-0.3, -0.25) is 39.4 Å². The standard InChI is InChI=1S/C40H65N9O18/c1-2-34(50)44-16-20-66-24-22-64-18-14-41-30-26-31(33(49(62)63)27-32(30)48(60)61)42-15-19-65-23-25-67-21-17-45-35(51)8-6-4-3-5-7-13-43-36(52)11-9-28(38(55)56)46-40(59)47-29(39(57)58)10-12-37(53)54/h26-29,41-42H,2-25H2,1H3,(H,43,52)(H,44,50)(H,45,51)(H,53,54)(H,55,56)(H,57,58)(H2,46,47,59)/t28-,29-/m0/s1. The summed E-state index contributed by atoms with van der Waals surface area (Å²) in [4.78, 5) is 103. The number of benzene rings is 1. The van der Waals surface area contributed by atoms with Crippen LogP contribution in [-0.2, 0) is 47.7 Å². The molecule has 0 unspecified atom stereocenters. The zero-order valence-electron chi connectivity index (χ0n) is 37.6. The van der Waals surface area contributed by atoms with E-state index in [0.717, 1.165) is 25.3 Å². The van der Waals surface area contributed by atoms with Crippen molar-refractivity contribution in [1.29, 1.82) is 0 Å². The van der Waals surface area contributed by atoms with Crippen LogP contribution in [0, 0.1) is 20.2 Å². The molecule has 67 heavy (non-hydrogen) atoms. The Labute approximate surface area is 386 Å². The van der Waals surface area contributed by atoms with Gasteiger partial charge in [0.1, 0.15) is 23.5 Å². The van der Waals surface area contributed by atoms with E-state index >= 15 is 0 Å². The van der Waals surface area contributed by atoms with Gasteiger partial charge in [0.15, 0.2) is 0 Å². The molecule has 5 amide bonds. The first kappa shape index (κ1) is 58.6. The molecule has 2 atom stereocenters. The number of carboxylic acid groups (broad SMARTS) is 3. The van der Waals surface area contributed by atoms with Crippen LogP contribution in [0.1, 0.15) is 77.6 Å². The van der Waals surface area contributed by atoms with Crippen LogP contribution in [0.3, 0.4) is 0 Å². The minimum atomic E-state index is -1.54. The van der Waals surface area contributed by atoms with Crippen LogP contribution >= 0.6 is 0 Å². The van der Waals surface area contributed by atoms with E-state index in [1.807, 2.05) is 5.32 Å². The molecule has 0 spiro atoms. The van der Waals surface area contributed by atoms with Crippen LogP contribution < -0.4 is 37.2 Å². The summed E-state index contributed by atoms with van der Waals surface area (Å²) in [5.74, 6) is -4.84. The number of urea groups is 1. The Morgan fingerprint density at radius 2 is 0.955 bits per heavy atom. The van der Waals surface area contributed by atoms with Crippen molar-refractivity contribution in [3.05, 3.63) is 32.4 Å². The summed E-state index contributed by atoms with van der Waals surface area (Å²) in [5.41, 5.74) is -0.834. The van der Waals surface area contributed by atoms with E-state index in [-0.39, 0.29) is 102 Å². The average molecular weight is 960 g/mol. The second kappa shape index (κ2) is 35.8. The van der Waals surface area contributed by atoms with Crippen molar-refractivity contribution >= 4 is 64.4 Å². The molecule has 0 aromatic heterocycles. The van der Waals surface area contributed by atoms with E-state index in [2.05, 4.69) is 31.9 Å². The van der Waals surface area contributed by atoms with E-state index in [1.165, 1.54) is 6.07 Å². The van der Waals surface area contributed by atoms with Gasteiger partial charge in [-0.2, -0.15) is 0 Å². The summed E-state index contributed by atoms with van der Waals surface area (Å²) in [6.07, 6.45) is 2.95. The number of nitro benzene ring substituents is 2. The minimum Gasteiger partial charge on any atom is -0.481 e. The van der Waals surface area contributed by atoms with E-state index < -0.39 is 76.0 Å². The Morgan fingerprint density at radius 3 is 1.42 bits per heavy atom. The van der Waals surface area contributed by atoms with Gasteiger partial charge in [-0.15, -0.1) is 0 Å². The molecule has 0 aliphatic heterocycles. The third kappa shape index (κ3) is 28.9. The lowest BCUT2D eigenvalue weighted by Crippen LogP contribution is -2.51. The molecule has 0 heterocycles. The molecule has 378 valence electrons. The number of hydrogen-bond donors (Lipinski definition) is 10. The number of carboxylic acids is 3. The number of nitrogens with zero attached hydrogens (tertiary/aromatic N) is 2. The highest BCUT2D eigenvalue weighted by Crippen LogP contribution is 2.36. The van der Waals surface area contributed by atoms with Crippen LogP contribution in [0.4, 0.5) is 27.5 Å².